The molecule has 120 valence electrons. The van der Waals surface area contributed by atoms with Crippen LogP contribution in [0.25, 0.3) is 0 Å². The third kappa shape index (κ3) is 2.47. The number of hydrogen-bond acceptors (Lipinski definition) is 3. The van der Waals surface area contributed by atoms with Crippen LogP contribution in [0, 0.1) is 19.8 Å². The molecule has 0 aromatic carbocycles. The number of carbonyl (C=O) groups excluding carboxylic acids is 1. The lowest BCUT2D eigenvalue weighted by Gasteiger charge is -2.34. The zero-order valence-corrected chi connectivity index (χ0v) is 13.6. The SMILES string of the molecule is Cc1cc(C)n(C)c(=O)c1C(=O)N1CCC(C2(O)CC2)CC1. The Balaban J connectivity index is 1.78. The van der Waals surface area contributed by atoms with Gasteiger partial charge in [-0.25, -0.2) is 0 Å². The number of likely N-dealkylation sites (tertiary alicyclic amines) is 1. The molecule has 2 heterocycles. The molecule has 5 heteroatoms. The lowest BCUT2D eigenvalue weighted by Crippen LogP contribution is -2.44. The Bertz CT molecular complexity index is 665. The van der Waals surface area contributed by atoms with Crippen molar-refractivity contribution in [3.05, 3.63) is 33.2 Å². The summed E-state index contributed by atoms with van der Waals surface area (Å²) in [6.07, 6.45) is 3.44. The van der Waals surface area contributed by atoms with Gasteiger partial charge in [0.25, 0.3) is 11.5 Å². The van der Waals surface area contributed by atoms with Crippen LogP contribution in [-0.4, -0.2) is 39.2 Å². The monoisotopic (exact) mass is 304 g/mol. The maximum absolute atomic E-state index is 12.7. The van der Waals surface area contributed by atoms with Crippen molar-refractivity contribution in [3.63, 3.8) is 0 Å². The zero-order valence-electron chi connectivity index (χ0n) is 13.6. The highest BCUT2D eigenvalue weighted by molar-refractivity contribution is 5.95. The molecular weight excluding hydrogens is 280 g/mol. The van der Waals surface area contributed by atoms with Gasteiger partial charge < -0.3 is 14.6 Å². The lowest BCUT2D eigenvalue weighted by atomic mass is 9.89. The number of nitrogens with zero attached hydrogens (tertiary/aromatic N) is 2. The molecule has 2 aliphatic rings. The number of pyridine rings is 1. The van der Waals surface area contributed by atoms with Crippen molar-refractivity contribution in [3.8, 4) is 0 Å². The first-order chi connectivity index (χ1) is 10.3. The molecule has 1 amide bonds. The number of carbonyl (C=O) groups is 1. The quantitative estimate of drug-likeness (QED) is 0.898. The normalized spacial score (nSPS) is 21.0. The van der Waals surface area contributed by atoms with Gasteiger partial charge in [0, 0.05) is 25.8 Å². The number of aliphatic hydroxyl groups is 1. The molecule has 0 bridgehead atoms. The van der Waals surface area contributed by atoms with Gasteiger partial charge in [-0.1, -0.05) is 0 Å². The molecule has 2 fully saturated rings. The first-order valence-corrected chi connectivity index (χ1v) is 8.02. The van der Waals surface area contributed by atoms with Crippen molar-refractivity contribution in [2.24, 2.45) is 13.0 Å². The Kier molecular flexibility index (Phi) is 3.63. The van der Waals surface area contributed by atoms with Crippen LogP contribution in [-0.2, 0) is 7.05 Å². The first kappa shape index (κ1) is 15.3. The van der Waals surface area contributed by atoms with Gasteiger partial charge in [0.2, 0.25) is 0 Å². The summed E-state index contributed by atoms with van der Waals surface area (Å²) in [4.78, 5) is 26.9. The lowest BCUT2D eigenvalue weighted by molar-refractivity contribution is 0.0339. The van der Waals surface area contributed by atoms with Crippen LogP contribution in [0.4, 0.5) is 0 Å². The van der Waals surface area contributed by atoms with Crippen LogP contribution < -0.4 is 5.56 Å². The van der Waals surface area contributed by atoms with Crippen molar-refractivity contribution in [2.75, 3.05) is 13.1 Å². The Labute approximate surface area is 130 Å². The number of rotatable bonds is 2. The molecule has 1 N–H and O–H groups in total. The van der Waals surface area contributed by atoms with E-state index in [1.807, 2.05) is 19.9 Å². The molecule has 0 radical (unpaired) electrons. The van der Waals surface area contributed by atoms with Gasteiger partial charge in [0.15, 0.2) is 0 Å². The molecule has 1 aliphatic heterocycles. The number of aromatic nitrogens is 1. The van der Waals surface area contributed by atoms with Gasteiger partial charge in [0.05, 0.1) is 5.60 Å². The third-order valence-electron chi connectivity index (χ3n) is 5.39. The van der Waals surface area contributed by atoms with Crippen molar-refractivity contribution in [1.29, 1.82) is 0 Å². The van der Waals surface area contributed by atoms with E-state index in [0.29, 0.717) is 19.0 Å². The van der Waals surface area contributed by atoms with Gasteiger partial charge in [-0.15, -0.1) is 0 Å². The van der Waals surface area contributed by atoms with E-state index < -0.39 is 5.60 Å². The van der Waals surface area contributed by atoms with Crippen LogP contribution in [0.3, 0.4) is 0 Å². The molecule has 0 atom stereocenters. The fourth-order valence-electron chi connectivity index (χ4n) is 3.55. The molecule has 1 saturated carbocycles. The zero-order chi connectivity index (χ0) is 16.1. The minimum absolute atomic E-state index is 0.167. The van der Waals surface area contributed by atoms with E-state index >= 15 is 0 Å². The molecular formula is C17H24N2O3. The van der Waals surface area contributed by atoms with Crippen molar-refractivity contribution in [2.45, 2.75) is 45.1 Å². The molecule has 1 aromatic rings. The average molecular weight is 304 g/mol. The van der Waals surface area contributed by atoms with Gasteiger partial charge in [-0.05, 0) is 57.1 Å². The summed E-state index contributed by atoms with van der Waals surface area (Å²) >= 11 is 0. The fraction of sp³-hybridized carbons (Fsp3) is 0.647. The van der Waals surface area contributed by atoms with E-state index in [-0.39, 0.29) is 17.0 Å². The van der Waals surface area contributed by atoms with Crippen LogP contribution >= 0.6 is 0 Å². The molecule has 5 nitrogen and oxygen atoms in total. The van der Waals surface area contributed by atoms with Gasteiger partial charge in [-0.2, -0.15) is 0 Å². The van der Waals surface area contributed by atoms with Gasteiger partial charge in [0.1, 0.15) is 5.56 Å². The predicted octanol–water partition coefficient (Wildman–Crippen LogP) is 1.38. The molecule has 0 unspecified atom stereocenters. The van der Waals surface area contributed by atoms with E-state index in [2.05, 4.69) is 0 Å². The Morgan fingerprint density at radius 1 is 1.27 bits per heavy atom. The second kappa shape index (κ2) is 5.23. The summed E-state index contributed by atoms with van der Waals surface area (Å²) in [6.45, 7) is 4.94. The average Bonchev–Trinajstić information content (AvgIpc) is 3.24. The third-order valence-corrected chi connectivity index (χ3v) is 5.39. The van der Waals surface area contributed by atoms with E-state index in [1.165, 1.54) is 4.57 Å². The van der Waals surface area contributed by atoms with Gasteiger partial charge in [-0.3, -0.25) is 9.59 Å². The highest BCUT2D eigenvalue weighted by Crippen LogP contribution is 2.46. The summed E-state index contributed by atoms with van der Waals surface area (Å²) < 4.78 is 1.53. The van der Waals surface area contributed by atoms with Crippen LogP contribution in [0.1, 0.15) is 47.3 Å². The predicted molar refractivity (Wildman–Crippen MR) is 84.0 cm³/mol. The summed E-state index contributed by atoms with van der Waals surface area (Å²) in [5.74, 6) is 0.137. The second-order valence-corrected chi connectivity index (χ2v) is 6.88. The highest BCUT2D eigenvalue weighted by atomic mass is 16.3. The second-order valence-electron chi connectivity index (χ2n) is 6.88. The van der Waals surface area contributed by atoms with E-state index in [9.17, 15) is 14.7 Å². The van der Waals surface area contributed by atoms with E-state index in [0.717, 1.165) is 36.9 Å². The van der Waals surface area contributed by atoms with Crippen LogP contribution in [0.5, 0.6) is 0 Å². The first-order valence-electron chi connectivity index (χ1n) is 8.02. The minimum atomic E-state index is -0.467. The Morgan fingerprint density at radius 3 is 2.41 bits per heavy atom. The molecule has 1 aliphatic carbocycles. The number of piperidine rings is 1. The standard InChI is InChI=1S/C17H24N2O3/c1-11-10-12(2)18(3)15(20)14(11)16(21)19-8-4-13(5-9-19)17(22)6-7-17/h10,13,22H,4-9H2,1-3H3. The molecule has 0 spiro atoms. The molecule has 3 rings (SSSR count). The molecule has 1 saturated heterocycles. The summed E-state index contributed by atoms with van der Waals surface area (Å²) in [5, 5.41) is 10.2. The topological polar surface area (TPSA) is 62.5 Å². The summed E-state index contributed by atoms with van der Waals surface area (Å²) in [5.41, 5.74) is 1.20. The smallest absolute Gasteiger partial charge is 0.263 e. The Hall–Kier alpha value is -1.62. The largest absolute Gasteiger partial charge is 0.390 e. The van der Waals surface area contributed by atoms with E-state index in [4.69, 9.17) is 0 Å². The number of amides is 1. The van der Waals surface area contributed by atoms with E-state index in [1.54, 1.807) is 11.9 Å². The van der Waals surface area contributed by atoms with Crippen LogP contribution in [0.2, 0.25) is 0 Å². The minimum Gasteiger partial charge on any atom is -0.390 e. The maximum atomic E-state index is 12.7. The number of aryl methyl sites for hydroxylation is 2. The van der Waals surface area contributed by atoms with Crippen molar-refractivity contribution < 1.29 is 9.90 Å². The summed E-state index contributed by atoms with van der Waals surface area (Å²) in [6, 6.07) is 1.88. The van der Waals surface area contributed by atoms with Gasteiger partial charge >= 0.3 is 0 Å². The van der Waals surface area contributed by atoms with Crippen molar-refractivity contribution in [1.82, 2.24) is 9.47 Å². The van der Waals surface area contributed by atoms with Crippen molar-refractivity contribution >= 4 is 5.91 Å². The number of hydrogen-bond donors (Lipinski definition) is 1. The van der Waals surface area contributed by atoms with Crippen LogP contribution in [0.15, 0.2) is 10.9 Å². The fourth-order valence-corrected chi connectivity index (χ4v) is 3.55. The Morgan fingerprint density at radius 2 is 1.86 bits per heavy atom. The highest BCUT2D eigenvalue weighted by Gasteiger charge is 2.48. The summed E-state index contributed by atoms with van der Waals surface area (Å²) in [7, 11) is 1.70. The maximum Gasteiger partial charge on any atom is 0.263 e. The molecule has 1 aromatic heterocycles. The molecule has 22 heavy (non-hydrogen) atoms.